The maximum Gasteiger partial charge on any atom is 0.240 e. The predicted molar refractivity (Wildman–Crippen MR) is 143 cm³/mol. The number of benzene rings is 1. The molecule has 1 saturated carbocycles. The number of hydrogen-bond acceptors (Lipinski definition) is 4. The lowest BCUT2D eigenvalue weighted by atomic mass is 9.76. The number of aromatic nitrogens is 3. The summed E-state index contributed by atoms with van der Waals surface area (Å²) in [5, 5.41) is 3.26. The Morgan fingerprint density at radius 1 is 1.14 bits per heavy atom. The van der Waals surface area contributed by atoms with E-state index < -0.39 is 0 Å². The zero-order valence-electron chi connectivity index (χ0n) is 21.2. The zero-order valence-corrected chi connectivity index (χ0v) is 21.2. The topological polar surface area (TPSA) is 67.4 Å². The van der Waals surface area contributed by atoms with Gasteiger partial charge in [0, 0.05) is 43.6 Å². The number of hydrogen-bond donors (Lipinski definition) is 1. The number of aryl methyl sites for hydroxylation is 1. The number of pyridine rings is 1. The average Bonchev–Trinajstić information content (AvgIpc) is 3.25. The number of nitrogens with one attached hydrogen (secondary N) is 1. The lowest BCUT2D eigenvalue weighted by Gasteiger charge is -2.40. The predicted octanol–water partition coefficient (Wildman–Crippen LogP) is 5.67. The van der Waals surface area contributed by atoms with Crippen LogP contribution in [0.4, 0.5) is 11.4 Å². The van der Waals surface area contributed by atoms with Crippen LogP contribution in [0.2, 0.25) is 0 Å². The van der Waals surface area contributed by atoms with Crippen LogP contribution in [0.5, 0.6) is 0 Å². The maximum atomic E-state index is 13.0. The van der Waals surface area contributed by atoms with E-state index in [1.807, 2.05) is 30.6 Å². The summed E-state index contributed by atoms with van der Waals surface area (Å²) < 4.78 is 2.08. The molecular weight excluding hydrogens is 448 g/mol. The van der Waals surface area contributed by atoms with Crippen molar-refractivity contribution in [2.75, 3.05) is 18.0 Å². The molecule has 1 amide bonds. The Bertz CT molecular complexity index is 1230. The standard InChI is InChI=1S/C29H36N6O/c1-29(14-18-34(19-15-29)24-11-16-31-17-12-24)13-10-27-33-25-20-23(30-2)8-9-26(25)35(27)21-28(36)32-22-6-4-3-5-7-22/h8-9,11-12,16-17,20,22H,3-7,10,13-15,18-19,21H2,1H3,(H,32,36). The Kier molecular flexibility index (Phi) is 7.22. The van der Waals surface area contributed by atoms with E-state index >= 15 is 0 Å². The molecular formula is C29H36N6O. The molecule has 1 aliphatic carbocycles. The molecule has 0 bridgehead atoms. The summed E-state index contributed by atoms with van der Waals surface area (Å²) in [6.45, 7) is 12.1. The van der Waals surface area contributed by atoms with E-state index in [1.165, 1.54) is 24.9 Å². The van der Waals surface area contributed by atoms with E-state index in [2.05, 4.69) is 43.7 Å². The van der Waals surface area contributed by atoms with Gasteiger partial charge in [-0.3, -0.25) is 9.78 Å². The van der Waals surface area contributed by atoms with Gasteiger partial charge in [-0.05, 0) is 61.8 Å². The van der Waals surface area contributed by atoms with E-state index in [0.717, 1.165) is 68.5 Å². The minimum atomic E-state index is 0.0635. The van der Waals surface area contributed by atoms with Crippen LogP contribution in [0, 0.1) is 12.0 Å². The number of anilines is 1. The molecule has 2 aromatic heterocycles. The number of rotatable bonds is 7. The molecule has 3 aromatic rings. The second-order valence-electron chi connectivity index (χ2n) is 10.8. The zero-order chi connectivity index (χ0) is 25.0. The molecule has 0 spiro atoms. The van der Waals surface area contributed by atoms with Crippen LogP contribution in [-0.2, 0) is 17.8 Å². The number of amides is 1. The van der Waals surface area contributed by atoms with Crippen molar-refractivity contribution in [3.8, 4) is 0 Å². The molecule has 1 saturated heterocycles. The SMILES string of the molecule is [C-]#[N+]c1ccc2c(c1)nc(CCC1(C)CCN(c3ccncc3)CC1)n2CC(=O)NC1CCCCC1. The van der Waals surface area contributed by atoms with Crippen molar-refractivity contribution >= 4 is 28.3 Å². The average molecular weight is 485 g/mol. The summed E-state index contributed by atoms with van der Waals surface area (Å²) in [5.74, 6) is 1.01. The highest BCUT2D eigenvalue weighted by atomic mass is 16.2. The minimum Gasteiger partial charge on any atom is -0.371 e. The van der Waals surface area contributed by atoms with Gasteiger partial charge in [0.15, 0.2) is 5.69 Å². The Balaban J connectivity index is 1.29. The molecule has 2 fully saturated rings. The molecule has 2 aliphatic rings. The Morgan fingerprint density at radius 2 is 1.89 bits per heavy atom. The van der Waals surface area contributed by atoms with Gasteiger partial charge in [0.05, 0.1) is 17.6 Å². The van der Waals surface area contributed by atoms with Crippen LogP contribution < -0.4 is 10.2 Å². The number of carbonyl (C=O) groups is 1. The summed E-state index contributed by atoms with van der Waals surface area (Å²) in [5.41, 5.74) is 3.81. The van der Waals surface area contributed by atoms with Gasteiger partial charge in [-0.15, -0.1) is 0 Å². The minimum absolute atomic E-state index is 0.0635. The summed E-state index contributed by atoms with van der Waals surface area (Å²) in [4.78, 5) is 28.1. The Labute approximate surface area is 213 Å². The highest BCUT2D eigenvalue weighted by molar-refractivity contribution is 5.83. The molecule has 7 heteroatoms. The number of nitrogens with zero attached hydrogens (tertiary/aromatic N) is 5. The molecule has 36 heavy (non-hydrogen) atoms. The lowest BCUT2D eigenvalue weighted by molar-refractivity contribution is -0.122. The number of piperidine rings is 1. The van der Waals surface area contributed by atoms with Crippen LogP contribution in [0.1, 0.15) is 64.1 Å². The first-order valence-electron chi connectivity index (χ1n) is 13.3. The summed E-state index contributed by atoms with van der Waals surface area (Å²) in [7, 11) is 0. The second-order valence-corrected chi connectivity index (χ2v) is 10.8. The Morgan fingerprint density at radius 3 is 2.61 bits per heavy atom. The molecule has 1 N–H and O–H groups in total. The van der Waals surface area contributed by atoms with Crippen molar-refractivity contribution < 1.29 is 4.79 Å². The first kappa shape index (κ1) is 24.3. The van der Waals surface area contributed by atoms with Crippen LogP contribution in [-0.4, -0.2) is 39.6 Å². The number of carbonyl (C=O) groups excluding carboxylic acids is 1. The largest absolute Gasteiger partial charge is 0.371 e. The van der Waals surface area contributed by atoms with Crippen molar-refractivity contribution in [3.63, 3.8) is 0 Å². The summed E-state index contributed by atoms with van der Waals surface area (Å²) >= 11 is 0. The fraction of sp³-hybridized carbons (Fsp3) is 0.517. The highest BCUT2D eigenvalue weighted by Gasteiger charge is 2.31. The molecule has 5 rings (SSSR count). The number of imidazole rings is 1. The van der Waals surface area contributed by atoms with Gasteiger partial charge in [-0.2, -0.15) is 0 Å². The van der Waals surface area contributed by atoms with Crippen molar-refractivity contribution in [3.05, 3.63) is 60.0 Å². The van der Waals surface area contributed by atoms with Gasteiger partial charge in [-0.25, -0.2) is 9.83 Å². The second kappa shape index (κ2) is 10.7. The molecule has 0 atom stereocenters. The monoisotopic (exact) mass is 484 g/mol. The van der Waals surface area contributed by atoms with Gasteiger partial charge in [0.2, 0.25) is 5.91 Å². The maximum absolute atomic E-state index is 13.0. The first-order chi connectivity index (χ1) is 17.5. The fourth-order valence-corrected chi connectivity index (χ4v) is 5.79. The van der Waals surface area contributed by atoms with Gasteiger partial charge in [0.1, 0.15) is 12.4 Å². The lowest BCUT2D eigenvalue weighted by Crippen LogP contribution is -2.39. The summed E-state index contributed by atoms with van der Waals surface area (Å²) in [6, 6.07) is 10.1. The van der Waals surface area contributed by atoms with Crippen molar-refractivity contribution in [2.24, 2.45) is 5.41 Å². The molecule has 7 nitrogen and oxygen atoms in total. The highest BCUT2D eigenvalue weighted by Crippen LogP contribution is 2.37. The molecule has 0 radical (unpaired) electrons. The van der Waals surface area contributed by atoms with E-state index in [-0.39, 0.29) is 17.9 Å². The van der Waals surface area contributed by atoms with Crippen LogP contribution in [0.25, 0.3) is 15.9 Å². The van der Waals surface area contributed by atoms with Gasteiger partial charge in [-0.1, -0.05) is 32.3 Å². The van der Waals surface area contributed by atoms with E-state index in [4.69, 9.17) is 11.6 Å². The third-order valence-electron chi connectivity index (χ3n) is 8.16. The van der Waals surface area contributed by atoms with Gasteiger partial charge < -0.3 is 14.8 Å². The van der Waals surface area contributed by atoms with Gasteiger partial charge >= 0.3 is 0 Å². The quantitative estimate of drug-likeness (QED) is 0.439. The fourth-order valence-electron chi connectivity index (χ4n) is 5.79. The van der Waals surface area contributed by atoms with E-state index in [1.54, 1.807) is 0 Å². The van der Waals surface area contributed by atoms with Crippen molar-refractivity contribution in [1.82, 2.24) is 19.9 Å². The van der Waals surface area contributed by atoms with E-state index in [0.29, 0.717) is 11.7 Å². The third kappa shape index (κ3) is 5.53. The van der Waals surface area contributed by atoms with Crippen LogP contribution in [0.3, 0.4) is 0 Å². The molecule has 1 aliphatic heterocycles. The normalized spacial score (nSPS) is 18.2. The van der Waals surface area contributed by atoms with Crippen LogP contribution >= 0.6 is 0 Å². The van der Waals surface area contributed by atoms with Crippen molar-refractivity contribution in [1.29, 1.82) is 0 Å². The third-order valence-corrected chi connectivity index (χ3v) is 8.16. The van der Waals surface area contributed by atoms with E-state index in [9.17, 15) is 4.79 Å². The first-order valence-corrected chi connectivity index (χ1v) is 13.3. The van der Waals surface area contributed by atoms with Crippen molar-refractivity contribution in [2.45, 2.75) is 77.3 Å². The number of fused-ring (bicyclic) bond motifs is 1. The smallest absolute Gasteiger partial charge is 0.240 e. The summed E-state index contributed by atoms with van der Waals surface area (Å²) in [6.07, 6.45) is 13.6. The Hall–Kier alpha value is -3.40. The van der Waals surface area contributed by atoms with Crippen LogP contribution in [0.15, 0.2) is 42.7 Å². The molecule has 0 unspecified atom stereocenters. The molecule has 1 aromatic carbocycles. The van der Waals surface area contributed by atoms with Gasteiger partial charge in [0.25, 0.3) is 0 Å². The molecule has 3 heterocycles. The molecule has 188 valence electrons.